The van der Waals surface area contributed by atoms with E-state index < -0.39 is 29.2 Å². The van der Waals surface area contributed by atoms with Gasteiger partial charge in [-0.15, -0.1) is 5.10 Å². The standard InChI is InChI=1S/C20H18F2N2O4/c1-12(26)24-20(28-19(23-24)15-10-14(21)6-7-17(15)22)13(8-9-25)11-27-18-5-3-2-4-16(18)20/h2-7,10,13,25H,8-9,11H2,1H3. The lowest BCUT2D eigenvalue weighted by Crippen LogP contribution is -2.54. The molecule has 6 nitrogen and oxygen atoms in total. The predicted molar refractivity (Wildman–Crippen MR) is 95.3 cm³/mol. The number of aliphatic hydroxyl groups excluding tert-OH is 1. The van der Waals surface area contributed by atoms with Crippen LogP contribution in [0.25, 0.3) is 0 Å². The van der Waals surface area contributed by atoms with Gasteiger partial charge in [0.15, 0.2) is 0 Å². The highest BCUT2D eigenvalue weighted by Gasteiger charge is 2.58. The van der Waals surface area contributed by atoms with Crippen molar-refractivity contribution in [1.82, 2.24) is 5.01 Å². The van der Waals surface area contributed by atoms with E-state index >= 15 is 0 Å². The number of fused-ring (bicyclic) bond motifs is 2. The highest BCUT2D eigenvalue weighted by Crippen LogP contribution is 2.50. The fourth-order valence-corrected chi connectivity index (χ4v) is 3.72. The third-order valence-electron chi connectivity index (χ3n) is 4.96. The number of hydrazone groups is 1. The molecule has 2 heterocycles. The molecule has 28 heavy (non-hydrogen) atoms. The minimum Gasteiger partial charge on any atom is -0.493 e. The molecule has 1 amide bonds. The minimum atomic E-state index is -1.42. The Morgan fingerprint density at radius 3 is 2.86 bits per heavy atom. The van der Waals surface area contributed by atoms with E-state index in [4.69, 9.17) is 9.47 Å². The summed E-state index contributed by atoms with van der Waals surface area (Å²) in [7, 11) is 0. The summed E-state index contributed by atoms with van der Waals surface area (Å²) >= 11 is 0. The molecule has 0 aliphatic carbocycles. The van der Waals surface area contributed by atoms with Crippen LogP contribution in [0.5, 0.6) is 5.75 Å². The van der Waals surface area contributed by atoms with Crippen LogP contribution in [0.3, 0.4) is 0 Å². The van der Waals surface area contributed by atoms with Crippen LogP contribution in [0.2, 0.25) is 0 Å². The number of hydrogen-bond donors (Lipinski definition) is 1. The number of halogens is 2. The first-order valence-corrected chi connectivity index (χ1v) is 8.84. The maximum atomic E-state index is 14.4. The molecule has 2 aromatic carbocycles. The van der Waals surface area contributed by atoms with Gasteiger partial charge in [0.1, 0.15) is 17.4 Å². The molecule has 2 unspecified atom stereocenters. The van der Waals surface area contributed by atoms with Crippen LogP contribution in [0, 0.1) is 17.6 Å². The van der Waals surface area contributed by atoms with Crippen molar-refractivity contribution in [2.45, 2.75) is 19.1 Å². The van der Waals surface area contributed by atoms with Gasteiger partial charge in [-0.05, 0) is 36.8 Å². The van der Waals surface area contributed by atoms with Gasteiger partial charge >= 0.3 is 0 Å². The van der Waals surface area contributed by atoms with Crippen molar-refractivity contribution in [1.29, 1.82) is 0 Å². The Kier molecular flexibility index (Phi) is 4.50. The van der Waals surface area contributed by atoms with Crippen molar-refractivity contribution < 1.29 is 28.2 Å². The zero-order valence-corrected chi connectivity index (χ0v) is 15.1. The molecule has 0 radical (unpaired) electrons. The van der Waals surface area contributed by atoms with Crippen LogP contribution in [0.15, 0.2) is 47.6 Å². The first-order chi connectivity index (χ1) is 13.5. The largest absolute Gasteiger partial charge is 0.493 e. The van der Waals surface area contributed by atoms with Crippen molar-refractivity contribution in [3.8, 4) is 5.75 Å². The number of benzene rings is 2. The molecule has 2 aromatic rings. The lowest BCUT2D eigenvalue weighted by Gasteiger charge is -2.44. The number of para-hydroxylation sites is 1. The summed E-state index contributed by atoms with van der Waals surface area (Å²) in [4.78, 5) is 12.5. The van der Waals surface area contributed by atoms with Gasteiger partial charge in [0, 0.05) is 13.5 Å². The molecule has 1 spiro atoms. The zero-order chi connectivity index (χ0) is 19.9. The second-order valence-electron chi connectivity index (χ2n) is 6.68. The number of aliphatic hydroxyl groups is 1. The average Bonchev–Trinajstić information content (AvgIpc) is 3.08. The molecule has 146 valence electrons. The third-order valence-corrected chi connectivity index (χ3v) is 4.96. The normalized spacial score (nSPS) is 23.1. The summed E-state index contributed by atoms with van der Waals surface area (Å²) < 4.78 is 40.0. The number of carbonyl (C=O) groups is 1. The van der Waals surface area contributed by atoms with Crippen LogP contribution in [0.4, 0.5) is 8.78 Å². The summed E-state index contributed by atoms with van der Waals surface area (Å²) in [6, 6.07) is 9.93. The summed E-state index contributed by atoms with van der Waals surface area (Å²) in [6.45, 7) is 1.31. The van der Waals surface area contributed by atoms with Crippen molar-refractivity contribution in [3.05, 3.63) is 65.2 Å². The Morgan fingerprint density at radius 2 is 2.11 bits per heavy atom. The van der Waals surface area contributed by atoms with E-state index in [9.17, 15) is 18.7 Å². The number of carbonyl (C=O) groups excluding carboxylic acids is 1. The molecule has 0 fully saturated rings. The Bertz CT molecular complexity index is 965. The summed E-state index contributed by atoms with van der Waals surface area (Å²) in [6.07, 6.45) is 0.256. The van der Waals surface area contributed by atoms with E-state index in [2.05, 4.69) is 5.10 Å². The molecule has 1 N–H and O–H groups in total. The monoisotopic (exact) mass is 388 g/mol. The molecule has 0 saturated carbocycles. The highest BCUT2D eigenvalue weighted by atomic mass is 19.1. The van der Waals surface area contributed by atoms with E-state index in [1.54, 1.807) is 24.3 Å². The molecule has 0 saturated heterocycles. The molecule has 8 heteroatoms. The van der Waals surface area contributed by atoms with Gasteiger partial charge in [-0.1, -0.05) is 12.1 Å². The van der Waals surface area contributed by atoms with Crippen molar-refractivity contribution in [3.63, 3.8) is 0 Å². The Morgan fingerprint density at radius 1 is 1.32 bits per heavy atom. The minimum absolute atomic E-state index is 0.162. The van der Waals surface area contributed by atoms with Gasteiger partial charge in [0.05, 0.1) is 23.7 Å². The van der Waals surface area contributed by atoms with Gasteiger partial charge in [0.25, 0.3) is 0 Å². The van der Waals surface area contributed by atoms with E-state index in [1.165, 1.54) is 6.92 Å². The molecule has 2 atom stereocenters. The van der Waals surface area contributed by atoms with E-state index in [1.807, 2.05) is 0 Å². The lowest BCUT2D eigenvalue weighted by molar-refractivity contribution is -0.170. The van der Waals surface area contributed by atoms with Crippen LogP contribution < -0.4 is 4.74 Å². The molecule has 2 aliphatic heterocycles. The molecule has 0 aromatic heterocycles. The number of ether oxygens (including phenoxy) is 2. The van der Waals surface area contributed by atoms with E-state index in [0.717, 1.165) is 23.2 Å². The second-order valence-corrected chi connectivity index (χ2v) is 6.68. The van der Waals surface area contributed by atoms with Gasteiger partial charge in [-0.2, -0.15) is 5.01 Å². The summed E-state index contributed by atoms with van der Waals surface area (Å²) in [5.41, 5.74) is -1.07. The molecular formula is C20H18F2N2O4. The third kappa shape index (κ3) is 2.72. The highest BCUT2D eigenvalue weighted by molar-refractivity contribution is 5.97. The Balaban J connectivity index is 1.89. The molecule has 4 rings (SSSR count). The van der Waals surface area contributed by atoms with Crippen LogP contribution in [0.1, 0.15) is 24.5 Å². The van der Waals surface area contributed by atoms with Gasteiger partial charge in [0.2, 0.25) is 17.5 Å². The SMILES string of the molecule is CC(=O)N1N=C(c2cc(F)ccc2F)OC12c1ccccc1OCC2CCO. The van der Waals surface area contributed by atoms with Crippen molar-refractivity contribution >= 4 is 11.8 Å². The molecule has 0 bridgehead atoms. The first kappa shape index (κ1) is 18.4. The fraction of sp³-hybridized carbons (Fsp3) is 0.300. The first-order valence-electron chi connectivity index (χ1n) is 8.84. The maximum absolute atomic E-state index is 14.4. The Hall–Kier alpha value is -3.00. The average molecular weight is 388 g/mol. The zero-order valence-electron chi connectivity index (χ0n) is 15.1. The summed E-state index contributed by atoms with van der Waals surface area (Å²) in [5, 5.41) is 14.9. The molecule has 2 aliphatic rings. The maximum Gasteiger partial charge on any atom is 0.244 e. The van der Waals surface area contributed by atoms with Crippen LogP contribution in [-0.4, -0.2) is 35.1 Å². The number of nitrogens with zero attached hydrogens (tertiary/aromatic N) is 2. The Labute approximate surface area is 160 Å². The number of rotatable bonds is 3. The van der Waals surface area contributed by atoms with Crippen molar-refractivity contribution in [2.75, 3.05) is 13.2 Å². The van der Waals surface area contributed by atoms with Crippen molar-refractivity contribution in [2.24, 2.45) is 11.0 Å². The smallest absolute Gasteiger partial charge is 0.244 e. The van der Waals surface area contributed by atoms with Crippen LogP contribution >= 0.6 is 0 Å². The fourth-order valence-electron chi connectivity index (χ4n) is 3.72. The van der Waals surface area contributed by atoms with Crippen LogP contribution in [-0.2, 0) is 15.3 Å². The summed E-state index contributed by atoms with van der Waals surface area (Å²) in [5.74, 6) is -2.00. The topological polar surface area (TPSA) is 71.4 Å². The number of amides is 1. The molecular weight excluding hydrogens is 370 g/mol. The number of hydrogen-bond acceptors (Lipinski definition) is 5. The van der Waals surface area contributed by atoms with Gasteiger partial charge < -0.3 is 14.6 Å². The van der Waals surface area contributed by atoms with Gasteiger partial charge in [-0.25, -0.2) is 8.78 Å². The van der Waals surface area contributed by atoms with Gasteiger partial charge in [-0.3, -0.25) is 4.79 Å². The second kappa shape index (κ2) is 6.87. The predicted octanol–water partition coefficient (Wildman–Crippen LogP) is 2.75. The lowest BCUT2D eigenvalue weighted by atomic mass is 9.83. The van der Waals surface area contributed by atoms with E-state index in [0.29, 0.717) is 11.3 Å². The quantitative estimate of drug-likeness (QED) is 0.878. The van der Waals surface area contributed by atoms with E-state index in [-0.39, 0.29) is 31.1 Å².